The van der Waals surface area contributed by atoms with Gasteiger partial charge in [-0.25, -0.2) is 14.4 Å². The van der Waals surface area contributed by atoms with Crippen LogP contribution in [0.3, 0.4) is 0 Å². The predicted molar refractivity (Wildman–Crippen MR) is 103 cm³/mol. The summed E-state index contributed by atoms with van der Waals surface area (Å²) in [4.78, 5) is 20.9. The lowest BCUT2D eigenvalue weighted by Crippen LogP contribution is -2.24. The van der Waals surface area contributed by atoms with Crippen LogP contribution in [0.5, 0.6) is 0 Å². The van der Waals surface area contributed by atoms with Crippen LogP contribution in [-0.4, -0.2) is 22.4 Å². The molecule has 0 saturated heterocycles. The Balaban J connectivity index is 1.58. The minimum absolute atomic E-state index is 0.295. The van der Waals surface area contributed by atoms with Crippen molar-refractivity contribution in [2.75, 3.05) is 11.9 Å². The summed E-state index contributed by atoms with van der Waals surface area (Å²) in [6.45, 7) is 2.76. The molecule has 2 aromatic carbocycles. The number of carbonyl (C=O) groups is 1. The zero-order valence-corrected chi connectivity index (χ0v) is 15.1. The van der Waals surface area contributed by atoms with Crippen LogP contribution in [0.1, 0.15) is 27.4 Å². The van der Waals surface area contributed by atoms with Gasteiger partial charge < -0.3 is 10.6 Å². The summed E-state index contributed by atoms with van der Waals surface area (Å²) >= 11 is 0. The highest BCUT2D eigenvalue weighted by Crippen LogP contribution is 2.09. The minimum Gasteiger partial charge on any atom is -0.370 e. The number of rotatable bonds is 7. The van der Waals surface area contributed by atoms with Gasteiger partial charge in [-0.05, 0) is 36.6 Å². The van der Waals surface area contributed by atoms with Gasteiger partial charge in [-0.2, -0.15) is 0 Å². The van der Waals surface area contributed by atoms with Gasteiger partial charge in [0.25, 0.3) is 5.91 Å². The van der Waals surface area contributed by atoms with E-state index in [0.29, 0.717) is 30.4 Å². The van der Waals surface area contributed by atoms with Gasteiger partial charge in [0, 0.05) is 19.2 Å². The molecule has 0 aliphatic heterocycles. The molecule has 0 atom stereocenters. The Morgan fingerprint density at radius 1 is 1.00 bits per heavy atom. The first-order chi connectivity index (χ1) is 13.1. The molecule has 0 spiro atoms. The Bertz CT molecular complexity index is 898. The number of benzene rings is 2. The summed E-state index contributed by atoms with van der Waals surface area (Å²) in [5.41, 5.74) is 2.34. The van der Waals surface area contributed by atoms with Crippen LogP contribution in [0.15, 0.2) is 60.7 Å². The molecule has 0 unspecified atom stereocenters. The third-order valence-electron chi connectivity index (χ3n) is 4.00. The summed E-state index contributed by atoms with van der Waals surface area (Å²) in [6, 6.07) is 17.8. The lowest BCUT2D eigenvalue weighted by atomic mass is 10.1. The second kappa shape index (κ2) is 8.89. The van der Waals surface area contributed by atoms with E-state index in [0.717, 1.165) is 12.0 Å². The fourth-order valence-electron chi connectivity index (χ4n) is 2.63. The molecule has 5 nitrogen and oxygen atoms in total. The first-order valence-electron chi connectivity index (χ1n) is 8.76. The van der Waals surface area contributed by atoms with Crippen molar-refractivity contribution in [1.82, 2.24) is 15.3 Å². The number of halogens is 1. The zero-order chi connectivity index (χ0) is 19.1. The van der Waals surface area contributed by atoms with Crippen LogP contribution in [0.25, 0.3) is 0 Å². The summed E-state index contributed by atoms with van der Waals surface area (Å²) in [5.74, 6) is 0.538. The van der Waals surface area contributed by atoms with E-state index in [-0.39, 0.29) is 11.7 Å². The molecule has 6 heteroatoms. The number of nitrogens with zero attached hydrogens (tertiary/aromatic N) is 2. The van der Waals surface area contributed by atoms with Crippen LogP contribution >= 0.6 is 0 Å². The highest BCUT2D eigenvalue weighted by Gasteiger charge is 2.10. The number of amides is 1. The Hall–Kier alpha value is -3.28. The SMILES string of the molecule is Cc1nc(NCCc2ccccc2)cc(C(=O)NCc2ccc(F)cc2)n1. The Morgan fingerprint density at radius 3 is 2.48 bits per heavy atom. The maximum atomic E-state index is 12.9. The molecule has 0 fully saturated rings. The molecule has 0 bridgehead atoms. The van der Waals surface area contributed by atoms with Crippen LogP contribution in [0.4, 0.5) is 10.2 Å². The topological polar surface area (TPSA) is 66.9 Å². The second-order valence-corrected chi connectivity index (χ2v) is 6.16. The zero-order valence-electron chi connectivity index (χ0n) is 15.1. The van der Waals surface area contributed by atoms with Crippen molar-refractivity contribution in [3.63, 3.8) is 0 Å². The van der Waals surface area contributed by atoms with Gasteiger partial charge in [-0.3, -0.25) is 4.79 Å². The molecular weight excluding hydrogens is 343 g/mol. The van der Waals surface area contributed by atoms with Crippen molar-refractivity contribution in [1.29, 1.82) is 0 Å². The van der Waals surface area contributed by atoms with Crippen molar-refractivity contribution in [2.24, 2.45) is 0 Å². The molecule has 138 valence electrons. The van der Waals surface area contributed by atoms with Crippen LogP contribution in [0, 0.1) is 12.7 Å². The number of hydrogen-bond donors (Lipinski definition) is 2. The number of aryl methyl sites for hydroxylation is 1. The van der Waals surface area contributed by atoms with Crippen LogP contribution in [0.2, 0.25) is 0 Å². The summed E-state index contributed by atoms with van der Waals surface area (Å²) in [5, 5.41) is 6.03. The van der Waals surface area contributed by atoms with E-state index in [1.54, 1.807) is 25.1 Å². The monoisotopic (exact) mass is 364 g/mol. The number of hydrogen-bond acceptors (Lipinski definition) is 4. The molecule has 1 heterocycles. The molecule has 0 aliphatic rings. The predicted octanol–water partition coefficient (Wildman–Crippen LogP) is 3.51. The summed E-state index contributed by atoms with van der Waals surface area (Å²) in [7, 11) is 0. The maximum Gasteiger partial charge on any atom is 0.270 e. The Labute approximate surface area is 157 Å². The molecule has 1 aromatic heterocycles. The second-order valence-electron chi connectivity index (χ2n) is 6.16. The maximum absolute atomic E-state index is 12.9. The van der Waals surface area contributed by atoms with E-state index < -0.39 is 0 Å². The lowest BCUT2D eigenvalue weighted by Gasteiger charge is -2.09. The van der Waals surface area contributed by atoms with Gasteiger partial charge >= 0.3 is 0 Å². The van der Waals surface area contributed by atoms with Crippen molar-refractivity contribution >= 4 is 11.7 Å². The van der Waals surface area contributed by atoms with E-state index in [1.807, 2.05) is 18.2 Å². The van der Waals surface area contributed by atoms with Gasteiger partial charge in [0.2, 0.25) is 0 Å². The van der Waals surface area contributed by atoms with Crippen LogP contribution in [-0.2, 0) is 13.0 Å². The Kier molecular flexibility index (Phi) is 6.10. The fourth-order valence-corrected chi connectivity index (χ4v) is 2.63. The fraction of sp³-hybridized carbons (Fsp3) is 0.190. The molecule has 3 rings (SSSR count). The molecule has 0 aliphatic carbocycles. The molecular formula is C21H21FN4O. The number of aromatic nitrogens is 2. The quantitative estimate of drug-likeness (QED) is 0.673. The largest absolute Gasteiger partial charge is 0.370 e. The average Bonchev–Trinajstić information content (AvgIpc) is 2.68. The van der Waals surface area contributed by atoms with Gasteiger partial charge in [0.1, 0.15) is 23.2 Å². The van der Waals surface area contributed by atoms with E-state index in [2.05, 4.69) is 32.7 Å². The highest BCUT2D eigenvalue weighted by atomic mass is 19.1. The van der Waals surface area contributed by atoms with E-state index >= 15 is 0 Å². The third kappa shape index (κ3) is 5.60. The van der Waals surface area contributed by atoms with E-state index in [4.69, 9.17) is 0 Å². The summed E-state index contributed by atoms with van der Waals surface area (Å²) in [6.07, 6.45) is 0.857. The van der Waals surface area contributed by atoms with Crippen molar-refractivity contribution in [3.8, 4) is 0 Å². The first kappa shape index (κ1) is 18.5. The molecule has 3 aromatic rings. The van der Waals surface area contributed by atoms with Crippen molar-refractivity contribution in [2.45, 2.75) is 19.9 Å². The summed E-state index contributed by atoms with van der Waals surface area (Å²) < 4.78 is 12.9. The standard InChI is InChI=1S/C21H21FN4O/c1-15-25-19(21(27)24-14-17-7-9-18(22)10-8-17)13-20(26-15)23-12-11-16-5-3-2-4-6-16/h2-10,13H,11-12,14H2,1H3,(H,24,27)(H,23,25,26). The third-order valence-corrected chi connectivity index (χ3v) is 4.00. The molecule has 27 heavy (non-hydrogen) atoms. The number of carbonyl (C=O) groups excluding carboxylic acids is 1. The minimum atomic E-state index is -0.303. The van der Waals surface area contributed by atoms with Gasteiger partial charge in [-0.1, -0.05) is 42.5 Å². The van der Waals surface area contributed by atoms with Crippen molar-refractivity contribution < 1.29 is 9.18 Å². The molecule has 0 radical (unpaired) electrons. The van der Waals surface area contributed by atoms with Crippen molar-refractivity contribution in [3.05, 3.63) is 89.1 Å². The van der Waals surface area contributed by atoms with Crippen LogP contribution < -0.4 is 10.6 Å². The molecule has 2 N–H and O–H groups in total. The number of nitrogens with one attached hydrogen (secondary N) is 2. The van der Waals surface area contributed by atoms with Gasteiger partial charge in [0.15, 0.2) is 0 Å². The smallest absolute Gasteiger partial charge is 0.270 e. The average molecular weight is 364 g/mol. The van der Waals surface area contributed by atoms with Gasteiger partial charge in [0.05, 0.1) is 0 Å². The lowest BCUT2D eigenvalue weighted by molar-refractivity contribution is 0.0945. The number of anilines is 1. The van der Waals surface area contributed by atoms with E-state index in [9.17, 15) is 9.18 Å². The van der Waals surface area contributed by atoms with Gasteiger partial charge in [-0.15, -0.1) is 0 Å². The Morgan fingerprint density at radius 2 is 1.74 bits per heavy atom. The normalized spacial score (nSPS) is 10.4. The highest BCUT2D eigenvalue weighted by molar-refractivity contribution is 5.92. The molecule has 1 amide bonds. The molecule has 0 saturated carbocycles. The van der Waals surface area contributed by atoms with E-state index in [1.165, 1.54) is 17.7 Å². The first-order valence-corrected chi connectivity index (χ1v) is 8.76.